The first-order valence-corrected chi connectivity index (χ1v) is 10.6. The van der Waals surface area contributed by atoms with Crippen LogP contribution in [0, 0.1) is 0 Å². The van der Waals surface area contributed by atoms with Crippen LogP contribution in [0.1, 0.15) is 30.5 Å². The maximum Gasteiger partial charge on any atom is 0.0366 e. The molecule has 0 aliphatic rings. The Kier molecular flexibility index (Phi) is 7.18. The summed E-state index contributed by atoms with van der Waals surface area (Å²) in [6, 6.07) is 28.2. The molecule has 1 nitrogen and oxygen atoms in total. The summed E-state index contributed by atoms with van der Waals surface area (Å²) in [5.41, 5.74) is 5.11. The highest BCUT2D eigenvalue weighted by atomic mass is 32.2. The Morgan fingerprint density at radius 2 is 1.26 bits per heavy atom. The molecule has 0 unspecified atom stereocenters. The van der Waals surface area contributed by atoms with E-state index >= 15 is 0 Å². The van der Waals surface area contributed by atoms with Crippen LogP contribution in [0.4, 0.5) is 5.69 Å². The van der Waals surface area contributed by atoms with E-state index in [1.54, 1.807) is 0 Å². The van der Waals surface area contributed by atoms with Crippen molar-refractivity contribution in [3.8, 4) is 0 Å². The lowest BCUT2D eigenvalue weighted by molar-refractivity contribution is 0.866. The SMILES string of the molecule is CCN(CC)c1ccc(/C=C/c2ccc(SCc3ccccc3)cc2)cc1. The minimum atomic E-state index is 1.01. The zero-order valence-corrected chi connectivity index (χ0v) is 17.0. The Labute approximate surface area is 167 Å². The fourth-order valence-corrected chi connectivity index (χ4v) is 3.85. The molecule has 3 aromatic rings. The van der Waals surface area contributed by atoms with Gasteiger partial charge in [-0.15, -0.1) is 11.8 Å². The number of thioether (sulfide) groups is 1. The second-order valence-electron chi connectivity index (χ2n) is 6.44. The van der Waals surface area contributed by atoms with Crippen molar-refractivity contribution < 1.29 is 0 Å². The lowest BCUT2D eigenvalue weighted by atomic mass is 10.1. The van der Waals surface area contributed by atoms with Gasteiger partial charge in [0.15, 0.2) is 0 Å². The van der Waals surface area contributed by atoms with Crippen LogP contribution in [0.25, 0.3) is 12.2 Å². The van der Waals surface area contributed by atoms with Crippen LogP contribution in [0.5, 0.6) is 0 Å². The lowest BCUT2D eigenvalue weighted by Gasteiger charge is -2.20. The van der Waals surface area contributed by atoms with Gasteiger partial charge in [-0.2, -0.15) is 0 Å². The second-order valence-corrected chi connectivity index (χ2v) is 7.49. The Morgan fingerprint density at radius 1 is 0.704 bits per heavy atom. The zero-order chi connectivity index (χ0) is 18.9. The van der Waals surface area contributed by atoms with Gasteiger partial charge in [-0.1, -0.05) is 66.7 Å². The van der Waals surface area contributed by atoms with Crippen molar-refractivity contribution in [3.05, 3.63) is 95.6 Å². The number of anilines is 1. The van der Waals surface area contributed by atoms with Gasteiger partial charge in [-0.05, 0) is 54.8 Å². The van der Waals surface area contributed by atoms with Crippen LogP contribution < -0.4 is 4.90 Å². The van der Waals surface area contributed by atoms with E-state index in [0.29, 0.717) is 0 Å². The van der Waals surface area contributed by atoms with Crippen molar-refractivity contribution in [3.63, 3.8) is 0 Å². The molecule has 0 amide bonds. The molecule has 3 aromatic carbocycles. The smallest absolute Gasteiger partial charge is 0.0366 e. The normalized spacial score (nSPS) is 11.0. The van der Waals surface area contributed by atoms with Crippen LogP contribution in [0.3, 0.4) is 0 Å². The molecule has 0 atom stereocenters. The maximum atomic E-state index is 2.36. The van der Waals surface area contributed by atoms with E-state index in [0.717, 1.165) is 18.8 Å². The van der Waals surface area contributed by atoms with Crippen LogP contribution in [0.15, 0.2) is 83.8 Å². The fraction of sp³-hybridized carbons (Fsp3) is 0.200. The third-order valence-electron chi connectivity index (χ3n) is 4.62. The quantitative estimate of drug-likeness (QED) is 0.309. The molecule has 0 saturated carbocycles. The Balaban J connectivity index is 1.57. The van der Waals surface area contributed by atoms with E-state index in [1.807, 2.05) is 11.8 Å². The first-order valence-electron chi connectivity index (χ1n) is 9.58. The van der Waals surface area contributed by atoms with Crippen molar-refractivity contribution in [2.45, 2.75) is 24.5 Å². The zero-order valence-electron chi connectivity index (χ0n) is 16.1. The topological polar surface area (TPSA) is 3.24 Å². The van der Waals surface area contributed by atoms with Crippen molar-refractivity contribution in [1.29, 1.82) is 0 Å². The minimum Gasteiger partial charge on any atom is -0.372 e. The second kappa shape index (κ2) is 10.0. The van der Waals surface area contributed by atoms with Gasteiger partial charge in [-0.25, -0.2) is 0 Å². The molecule has 0 aliphatic carbocycles. The van der Waals surface area contributed by atoms with E-state index in [1.165, 1.54) is 27.3 Å². The predicted octanol–water partition coefficient (Wildman–Crippen LogP) is 7.00. The van der Waals surface area contributed by atoms with Crippen molar-refractivity contribution in [1.82, 2.24) is 0 Å². The molecule has 0 bridgehead atoms. The van der Waals surface area contributed by atoms with Crippen molar-refractivity contribution in [2.24, 2.45) is 0 Å². The van der Waals surface area contributed by atoms with Crippen LogP contribution in [-0.4, -0.2) is 13.1 Å². The van der Waals surface area contributed by atoms with Crippen LogP contribution in [-0.2, 0) is 5.75 Å². The molecular weight excluding hydrogens is 346 g/mol. The Hall–Kier alpha value is -2.45. The molecule has 138 valence electrons. The van der Waals surface area contributed by atoms with Crippen LogP contribution in [0.2, 0.25) is 0 Å². The average Bonchev–Trinajstić information content (AvgIpc) is 2.74. The number of hydrogen-bond acceptors (Lipinski definition) is 2. The first kappa shape index (κ1) is 19.3. The number of rotatable bonds is 8. The third kappa shape index (κ3) is 5.77. The molecule has 0 N–H and O–H groups in total. The first-order chi connectivity index (χ1) is 13.3. The van der Waals surface area contributed by atoms with E-state index < -0.39 is 0 Å². The summed E-state index contributed by atoms with van der Waals surface area (Å²) >= 11 is 1.88. The van der Waals surface area contributed by atoms with Gasteiger partial charge in [0.25, 0.3) is 0 Å². The molecule has 0 aromatic heterocycles. The minimum absolute atomic E-state index is 1.01. The van der Waals surface area contributed by atoms with Crippen molar-refractivity contribution in [2.75, 3.05) is 18.0 Å². The summed E-state index contributed by atoms with van der Waals surface area (Å²) < 4.78 is 0. The number of benzene rings is 3. The summed E-state index contributed by atoms with van der Waals surface area (Å²) in [6.45, 7) is 6.47. The molecule has 0 aliphatic heterocycles. The van der Waals surface area contributed by atoms with Gasteiger partial charge in [-0.3, -0.25) is 0 Å². The molecule has 0 saturated heterocycles. The highest BCUT2D eigenvalue weighted by Gasteiger charge is 2.00. The number of hydrogen-bond donors (Lipinski definition) is 0. The largest absolute Gasteiger partial charge is 0.372 e. The average molecular weight is 374 g/mol. The Morgan fingerprint density at radius 3 is 1.81 bits per heavy atom. The summed E-state index contributed by atoms with van der Waals surface area (Å²) in [4.78, 5) is 3.67. The maximum absolute atomic E-state index is 2.36. The molecule has 2 heteroatoms. The van der Waals surface area contributed by atoms with Gasteiger partial charge < -0.3 is 4.90 Å². The van der Waals surface area contributed by atoms with Gasteiger partial charge in [0.2, 0.25) is 0 Å². The molecule has 0 spiro atoms. The summed E-state index contributed by atoms with van der Waals surface area (Å²) in [7, 11) is 0. The van der Waals surface area contributed by atoms with Gasteiger partial charge in [0.05, 0.1) is 0 Å². The highest BCUT2D eigenvalue weighted by molar-refractivity contribution is 7.98. The van der Waals surface area contributed by atoms with E-state index in [-0.39, 0.29) is 0 Å². The molecule has 0 radical (unpaired) electrons. The third-order valence-corrected chi connectivity index (χ3v) is 5.70. The lowest BCUT2D eigenvalue weighted by Crippen LogP contribution is -2.21. The van der Waals surface area contributed by atoms with Gasteiger partial charge >= 0.3 is 0 Å². The molecule has 0 fully saturated rings. The molecule has 27 heavy (non-hydrogen) atoms. The van der Waals surface area contributed by atoms with Crippen LogP contribution >= 0.6 is 11.8 Å². The highest BCUT2D eigenvalue weighted by Crippen LogP contribution is 2.23. The Bertz CT molecular complexity index is 832. The summed E-state index contributed by atoms with van der Waals surface area (Å²) in [5.74, 6) is 1.01. The molecule has 0 heterocycles. The fourth-order valence-electron chi connectivity index (χ4n) is 2.99. The molecular formula is C25H27NS. The summed E-state index contributed by atoms with van der Waals surface area (Å²) in [5, 5.41) is 0. The predicted molar refractivity (Wildman–Crippen MR) is 121 cm³/mol. The number of nitrogens with zero attached hydrogens (tertiary/aromatic N) is 1. The van der Waals surface area contributed by atoms with E-state index in [2.05, 4.69) is 110 Å². The van der Waals surface area contributed by atoms with E-state index in [9.17, 15) is 0 Å². The van der Waals surface area contributed by atoms with Gasteiger partial charge in [0, 0.05) is 29.4 Å². The standard InChI is InChI=1S/C25H27NS/c1-3-26(4-2)24-16-12-21(13-17-24)10-11-22-14-18-25(19-15-22)27-20-23-8-6-5-7-9-23/h5-19H,3-4,20H2,1-2H3/b11-10+. The van der Waals surface area contributed by atoms with Crippen molar-refractivity contribution >= 4 is 29.6 Å². The van der Waals surface area contributed by atoms with Gasteiger partial charge in [0.1, 0.15) is 0 Å². The molecule has 3 rings (SSSR count). The van der Waals surface area contributed by atoms with E-state index in [4.69, 9.17) is 0 Å². The summed E-state index contributed by atoms with van der Waals surface area (Å²) in [6.07, 6.45) is 4.36. The monoisotopic (exact) mass is 373 g/mol.